The number of aliphatic hydroxyl groups excluding tert-OH is 3. The van der Waals surface area contributed by atoms with E-state index in [4.69, 9.17) is 20.1 Å². The zero-order chi connectivity index (χ0) is 8.43. The molecule has 0 spiro atoms. The van der Waals surface area contributed by atoms with E-state index in [1.165, 1.54) is 7.11 Å². The van der Waals surface area contributed by atoms with E-state index in [1.807, 2.05) is 0 Å². The van der Waals surface area contributed by atoms with Crippen LogP contribution >= 0.6 is 0 Å². The Bertz CT molecular complexity index is 126. The van der Waals surface area contributed by atoms with Crippen molar-refractivity contribution in [2.75, 3.05) is 13.7 Å². The van der Waals surface area contributed by atoms with Gasteiger partial charge in [0.2, 0.25) is 0 Å². The van der Waals surface area contributed by atoms with E-state index < -0.39 is 24.6 Å². The molecule has 5 heteroatoms. The molecule has 1 heterocycles. The van der Waals surface area contributed by atoms with Gasteiger partial charge in [-0.3, -0.25) is 0 Å². The third kappa shape index (κ3) is 1.69. The molecule has 1 unspecified atom stereocenters. The SMILES string of the molecule is COC1OC[C@@H](O)[C@@H](O)[C@H]1O. The number of methoxy groups -OCH3 is 1. The molecule has 1 saturated heterocycles. The van der Waals surface area contributed by atoms with Crippen LogP contribution in [0.3, 0.4) is 0 Å². The number of rotatable bonds is 1. The first kappa shape index (κ1) is 8.89. The Labute approximate surface area is 64.2 Å². The van der Waals surface area contributed by atoms with Crippen molar-refractivity contribution in [2.24, 2.45) is 0 Å². The Kier molecular flexibility index (Phi) is 2.80. The fourth-order valence-corrected chi connectivity index (χ4v) is 0.987. The molecule has 0 aromatic carbocycles. The molecule has 5 nitrogen and oxygen atoms in total. The van der Waals surface area contributed by atoms with E-state index in [0.29, 0.717) is 0 Å². The molecule has 1 fully saturated rings. The molecule has 66 valence electrons. The summed E-state index contributed by atoms with van der Waals surface area (Å²) in [6.07, 6.45) is -4.23. The van der Waals surface area contributed by atoms with Crippen molar-refractivity contribution in [1.29, 1.82) is 0 Å². The lowest BCUT2D eigenvalue weighted by Crippen LogP contribution is -2.53. The first-order valence-electron chi connectivity index (χ1n) is 3.35. The predicted molar refractivity (Wildman–Crippen MR) is 34.8 cm³/mol. The van der Waals surface area contributed by atoms with Crippen LogP contribution in [0.4, 0.5) is 0 Å². The maximum absolute atomic E-state index is 9.15. The third-order valence-corrected chi connectivity index (χ3v) is 1.69. The monoisotopic (exact) mass is 164 g/mol. The minimum Gasteiger partial charge on any atom is -0.388 e. The van der Waals surface area contributed by atoms with Crippen molar-refractivity contribution in [1.82, 2.24) is 0 Å². The van der Waals surface area contributed by atoms with E-state index in [-0.39, 0.29) is 6.61 Å². The fraction of sp³-hybridized carbons (Fsp3) is 1.00. The smallest absolute Gasteiger partial charge is 0.185 e. The second kappa shape index (κ2) is 3.46. The summed E-state index contributed by atoms with van der Waals surface area (Å²) < 4.78 is 9.52. The van der Waals surface area contributed by atoms with Crippen molar-refractivity contribution >= 4 is 0 Å². The van der Waals surface area contributed by atoms with Gasteiger partial charge in [0.15, 0.2) is 6.29 Å². The molecule has 0 amide bonds. The molecule has 0 saturated carbocycles. The predicted octanol–water partition coefficient (Wildman–Crippen LogP) is -1.93. The molecule has 0 bridgehead atoms. The van der Waals surface area contributed by atoms with Gasteiger partial charge >= 0.3 is 0 Å². The van der Waals surface area contributed by atoms with Crippen LogP contribution in [-0.2, 0) is 9.47 Å². The summed E-state index contributed by atoms with van der Waals surface area (Å²) in [5.74, 6) is 0. The van der Waals surface area contributed by atoms with Gasteiger partial charge in [0.05, 0.1) is 6.61 Å². The summed E-state index contributed by atoms with van der Waals surface area (Å²) in [6.45, 7) is -0.0171. The molecular weight excluding hydrogens is 152 g/mol. The molecule has 1 aliphatic heterocycles. The fourth-order valence-electron chi connectivity index (χ4n) is 0.987. The number of hydrogen-bond acceptors (Lipinski definition) is 5. The first-order chi connectivity index (χ1) is 5.16. The van der Waals surface area contributed by atoms with Gasteiger partial charge in [0.25, 0.3) is 0 Å². The van der Waals surface area contributed by atoms with Crippen LogP contribution < -0.4 is 0 Å². The third-order valence-electron chi connectivity index (χ3n) is 1.69. The van der Waals surface area contributed by atoms with Crippen LogP contribution in [0.1, 0.15) is 0 Å². The lowest BCUT2D eigenvalue weighted by Gasteiger charge is -2.33. The second-order valence-electron chi connectivity index (χ2n) is 2.49. The van der Waals surface area contributed by atoms with E-state index >= 15 is 0 Å². The maximum Gasteiger partial charge on any atom is 0.185 e. The topological polar surface area (TPSA) is 79.2 Å². The molecule has 4 atom stereocenters. The molecule has 0 radical (unpaired) electrons. The average Bonchev–Trinajstić information content (AvgIpc) is 2.01. The van der Waals surface area contributed by atoms with Crippen molar-refractivity contribution in [3.8, 4) is 0 Å². The van der Waals surface area contributed by atoms with Crippen molar-refractivity contribution in [3.63, 3.8) is 0 Å². The van der Waals surface area contributed by atoms with E-state index in [1.54, 1.807) is 0 Å². The summed E-state index contributed by atoms with van der Waals surface area (Å²) >= 11 is 0. The standard InChI is InChI=1S/C6H12O5/c1-10-6-5(9)4(8)3(7)2-11-6/h3-9H,2H2,1H3/t3-,4-,5-,6?/m1/s1. The van der Waals surface area contributed by atoms with Crippen LogP contribution in [0.2, 0.25) is 0 Å². The lowest BCUT2D eigenvalue weighted by atomic mass is 10.1. The van der Waals surface area contributed by atoms with Crippen LogP contribution in [0.15, 0.2) is 0 Å². The number of hydrogen-bond donors (Lipinski definition) is 3. The van der Waals surface area contributed by atoms with Crippen LogP contribution in [0.25, 0.3) is 0 Å². The van der Waals surface area contributed by atoms with Gasteiger partial charge in [-0.05, 0) is 0 Å². The van der Waals surface area contributed by atoms with Crippen molar-refractivity contribution in [2.45, 2.75) is 24.6 Å². The van der Waals surface area contributed by atoms with Crippen molar-refractivity contribution < 1.29 is 24.8 Å². The molecule has 0 aliphatic carbocycles. The molecular formula is C6H12O5. The average molecular weight is 164 g/mol. The number of aliphatic hydroxyl groups is 3. The highest BCUT2D eigenvalue weighted by molar-refractivity contribution is 4.81. The summed E-state index contributed by atoms with van der Waals surface area (Å²) in [5.41, 5.74) is 0. The first-order valence-corrected chi connectivity index (χ1v) is 3.35. The Hall–Kier alpha value is -0.200. The molecule has 0 aromatic heterocycles. The van der Waals surface area contributed by atoms with E-state index in [0.717, 1.165) is 0 Å². The lowest BCUT2D eigenvalue weighted by molar-refractivity contribution is -0.261. The normalized spacial score (nSPS) is 45.8. The Morgan fingerprint density at radius 2 is 1.91 bits per heavy atom. The highest BCUT2D eigenvalue weighted by Gasteiger charge is 2.37. The summed E-state index contributed by atoms with van der Waals surface area (Å²) in [6, 6.07) is 0. The van der Waals surface area contributed by atoms with Crippen molar-refractivity contribution in [3.05, 3.63) is 0 Å². The molecule has 1 rings (SSSR count). The minimum absolute atomic E-state index is 0.0171. The van der Waals surface area contributed by atoms with Crippen LogP contribution in [0, 0.1) is 0 Å². The van der Waals surface area contributed by atoms with Gasteiger partial charge in [-0.15, -0.1) is 0 Å². The zero-order valence-corrected chi connectivity index (χ0v) is 6.17. The largest absolute Gasteiger partial charge is 0.388 e. The quantitative estimate of drug-likeness (QED) is 0.420. The number of ether oxygens (including phenoxy) is 2. The van der Waals surface area contributed by atoms with Gasteiger partial charge in [-0.25, -0.2) is 0 Å². The van der Waals surface area contributed by atoms with Gasteiger partial charge in [-0.2, -0.15) is 0 Å². The Morgan fingerprint density at radius 1 is 1.27 bits per heavy atom. The second-order valence-corrected chi connectivity index (χ2v) is 2.49. The Morgan fingerprint density at radius 3 is 2.45 bits per heavy atom. The molecule has 0 aromatic rings. The molecule has 1 aliphatic rings. The van der Waals surface area contributed by atoms with E-state index in [2.05, 4.69) is 4.74 Å². The van der Waals surface area contributed by atoms with Crippen LogP contribution in [0.5, 0.6) is 0 Å². The van der Waals surface area contributed by atoms with Gasteiger partial charge < -0.3 is 24.8 Å². The minimum atomic E-state index is -1.19. The summed E-state index contributed by atoms with van der Waals surface area (Å²) in [7, 11) is 1.36. The molecule has 11 heavy (non-hydrogen) atoms. The molecule has 3 N–H and O–H groups in total. The maximum atomic E-state index is 9.15. The zero-order valence-electron chi connectivity index (χ0n) is 6.17. The highest BCUT2D eigenvalue weighted by Crippen LogP contribution is 2.15. The van der Waals surface area contributed by atoms with Gasteiger partial charge in [0, 0.05) is 7.11 Å². The van der Waals surface area contributed by atoms with Crippen LogP contribution in [-0.4, -0.2) is 53.6 Å². The summed E-state index contributed by atoms with van der Waals surface area (Å²) in [4.78, 5) is 0. The van der Waals surface area contributed by atoms with E-state index in [9.17, 15) is 0 Å². The summed E-state index contributed by atoms with van der Waals surface area (Å²) in [5, 5.41) is 27.2. The highest BCUT2D eigenvalue weighted by atomic mass is 16.7. The van der Waals surface area contributed by atoms with Gasteiger partial charge in [0.1, 0.15) is 18.3 Å². The Balaban J connectivity index is 2.52. The van der Waals surface area contributed by atoms with Gasteiger partial charge in [-0.1, -0.05) is 0 Å².